The van der Waals surface area contributed by atoms with Crippen molar-refractivity contribution in [3.8, 4) is 11.5 Å². The molecule has 0 N–H and O–H groups in total. The van der Waals surface area contributed by atoms with E-state index >= 15 is 0 Å². The van der Waals surface area contributed by atoms with Crippen LogP contribution in [-0.4, -0.2) is 19.2 Å². The summed E-state index contributed by atoms with van der Waals surface area (Å²) in [4.78, 5) is 6.22. The average molecular weight is 403 g/mol. The Balaban J connectivity index is 1.99. The molecule has 27 heavy (non-hydrogen) atoms. The van der Waals surface area contributed by atoms with Crippen LogP contribution < -0.4 is 14.4 Å². The van der Waals surface area contributed by atoms with E-state index in [1.807, 2.05) is 36.4 Å². The number of ether oxygens (including phenoxy) is 2. The highest BCUT2D eigenvalue weighted by Gasteiger charge is 2.16. The Hall–Kier alpha value is -2.43. The topological polar surface area (TPSA) is 34.6 Å². The second-order valence-electron chi connectivity index (χ2n) is 5.96. The SMILES string of the molecule is COc1ccc(N(Cc2ccccc2)Cc2c(Cl)cncc2Cl)cc1OC. The van der Waals surface area contributed by atoms with Crippen molar-refractivity contribution in [2.45, 2.75) is 13.1 Å². The van der Waals surface area contributed by atoms with Gasteiger partial charge in [0.15, 0.2) is 11.5 Å². The fourth-order valence-corrected chi connectivity index (χ4v) is 3.33. The van der Waals surface area contributed by atoms with Gasteiger partial charge in [-0.25, -0.2) is 0 Å². The molecule has 4 nitrogen and oxygen atoms in total. The molecule has 3 aromatic rings. The fraction of sp³-hybridized carbons (Fsp3) is 0.190. The number of aromatic nitrogens is 1. The lowest BCUT2D eigenvalue weighted by Gasteiger charge is -2.27. The van der Waals surface area contributed by atoms with Crippen molar-refractivity contribution in [1.29, 1.82) is 0 Å². The minimum atomic E-state index is 0.532. The number of pyridine rings is 1. The highest BCUT2D eigenvalue weighted by molar-refractivity contribution is 6.35. The molecule has 0 unspecified atom stereocenters. The van der Waals surface area contributed by atoms with E-state index in [1.165, 1.54) is 5.56 Å². The molecule has 3 rings (SSSR count). The smallest absolute Gasteiger partial charge is 0.162 e. The second-order valence-corrected chi connectivity index (χ2v) is 6.78. The first-order chi connectivity index (χ1) is 13.1. The quantitative estimate of drug-likeness (QED) is 0.514. The highest BCUT2D eigenvalue weighted by atomic mass is 35.5. The van der Waals surface area contributed by atoms with Crippen LogP contribution in [0.3, 0.4) is 0 Å². The summed E-state index contributed by atoms with van der Waals surface area (Å²) in [6.45, 7) is 1.22. The number of methoxy groups -OCH3 is 2. The zero-order valence-corrected chi connectivity index (χ0v) is 16.7. The standard InChI is InChI=1S/C21H20Cl2N2O2/c1-26-20-9-8-16(10-21(20)27-2)25(13-15-6-4-3-5-7-15)14-17-18(22)11-24-12-19(17)23/h3-12H,13-14H2,1-2H3. The number of hydrogen-bond acceptors (Lipinski definition) is 4. The molecular weight excluding hydrogens is 383 g/mol. The van der Waals surface area contributed by atoms with Gasteiger partial charge in [-0.1, -0.05) is 53.5 Å². The van der Waals surface area contributed by atoms with E-state index in [1.54, 1.807) is 26.6 Å². The van der Waals surface area contributed by atoms with Gasteiger partial charge < -0.3 is 14.4 Å². The Morgan fingerprint density at radius 1 is 0.852 bits per heavy atom. The molecule has 0 aliphatic heterocycles. The number of anilines is 1. The third-order valence-corrected chi connectivity index (χ3v) is 4.90. The Morgan fingerprint density at radius 2 is 1.52 bits per heavy atom. The molecule has 2 aromatic carbocycles. The van der Waals surface area contributed by atoms with E-state index < -0.39 is 0 Å². The van der Waals surface area contributed by atoms with E-state index in [0.29, 0.717) is 34.6 Å². The highest BCUT2D eigenvalue weighted by Crippen LogP contribution is 2.34. The number of benzene rings is 2. The Labute approximate surface area is 169 Å². The molecule has 0 atom stereocenters. The summed E-state index contributed by atoms with van der Waals surface area (Å²) in [6, 6.07) is 16.1. The maximum absolute atomic E-state index is 6.35. The molecule has 0 aliphatic carbocycles. The Bertz CT molecular complexity index is 884. The van der Waals surface area contributed by atoms with Crippen LogP contribution in [0.2, 0.25) is 10.0 Å². The van der Waals surface area contributed by atoms with Gasteiger partial charge in [-0.05, 0) is 17.7 Å². The molecular formula is C21H20Cl2N2O2. The fourth-order valence-electron chi connectivity index (χ4n) is 2.84. The van der Waals surface area contributed by atoms with Crippen molar-refractivity contribution in [2.75, 3.05) is 19.1 Å². The summed E-state index contributed by atoms with van der Waals surface area (Å²) in [6.07, 6.45) is 3.22. The van der Waals surface area contributed by atoms with Crippen molar-refractivity contribution >= 4 is 28.9 Å². The lowest BCUT2D eigenvalue weighted by molar-refractivity contribution is 0.355. The van der Waals surface area contributed by atoms with Crippen molar-refractivity contribution in [1.82, 2.24) is 4.98 Å². The molecule has 0 aliphatic rings. The van der Waals surface area contributed by atoms with Gasteiger partial charge >= 0.3 is 0 Å². The van der Waals surface area contributed by atoms with Gasteiger partial charge in [0.2, 0.25) is 0 Å². The van der Waals surface area contributed by atoms with E-state index in [4.69, 9.17) is 32.7 Å². The summed E-state index contributed by atoms with van der Waals surface area (Å²) in [7, 11) is 3.25. The van der Waals surface area contributed by atoms with Gasteiger partial charge in [-0.15, -0.1) is 0 Å². The van der Waals surface area contributed by atoms with E-state index in [9.17, 15) is 0 Å². The normalized spacial score (nSPS) is 10.5. The largest absolute Gasteiger partial charge is 0.493 e. The van der Waals surface area contributed by atoms with Crippen molar-refractivity contribution < 1.29 is 9.47 Å². The van der Waals surface area contributed by atoms with Crippen LogP contribution in [0.5, 0.6) is 11.5 Å². The maximum Gasteiger partial charge on any atom is 0.162 e. The van der Waals surface area contributed by atoms with Crippen LogP contribution >= 0.6 is 23.2 Å². The summed E-state index contributed by atoms with van der Waals surface area (Å²) in [5, 5.41) is 1.09. The van der Waals surface area contributed by atoms with Crippen molar-refractivity contribution in [3.05, 3.63) is 82.1 Å². The molecule has 0 fully saturated rings. The first-order valence-electron chi connectivity index (χ1n) is 8.41. The third kappa shape index (κ3) is 4.65. The van der Waals surface area contributed by atoms with E-state index in [2.05, 4.69) is 22.0 Å². The van der Waals surface area contributed by atoms with Gasteiger partial charge in [0.25, 0.3) is 0 Å². The molecule has 0 saturated heterocycles. The predicted molar refractivity (Wildman–Crippen MR) is 110 cm³/mol. The van der Waals surface area contributed by atoms with E-state index in [-0.39, 0.29) is 0 Å². The molecule has 140 valence electrons. The summed E-state index contributed by atoms with van der Waals surface area (Å²) in [5.74, 6) is 1.35. The van der Waals surface area contributed by atoms with Gasteiger partial charge in [0.1, 0.15) is 0 Å². The van der Waals surface area contributed by atoms with Gasteiger partial charge in [-0.2, -0.15) is 0 Å². The molecule has 0 amide bonds. The Morgan fingerprint density at radius 3 is 2.15 bits per heavy atom. The first-order valence-corrected chi connectivity index (χ1v) is 9.16. The Kier molecular flexibility index (Phi) is 6.43. The maximum atomic E-state index is 6.35. The molecule has 0 bridgehead atoms. The molecule has 6 heteroatoms. The van der Waals surface area contributed by atoms with Crippen LogP contribution in [0.1, 0.15) is 11.1 Å². The minimum absolute atomic E-state index is 0.532. The first kappa shape index (κ1) is 19.3. The zero-order valence-electron chi connectivity index (χ0n) is 15.2. The van der Waals surface area contributed by atoms with Crippen LogP contribution in [0.25, 0.3) is 0 Å². The monoisotopic (exact) mass is 402 g/mol. The molecule has 1 aromatic heterocycles. The lowest BCUT2D eigenvalue weighted by Crippen LogP contribution is -2.22. The van der Waals surface area contributed by atoms with Gasteiger partial charge in [0, 0.05) is 42.8 Å². The lowest BCUT2D eigenvalue weighted by atomic mass is 10.1. The summed E-state index contributed by atoms with van der Waals surface area (Å²) < 4.78 is 10.8. The number of halogens is 2. The van der Waals surface area contributed by atoms with E-state index in [0.717, 1.165) is 11.3 Å². The number of rotatable bonds is 7. The van der Waals surface area contributed by atoms with Crippen molar-refractivity contribution in [3.63, 3.8) is 0 Å². The third-order valence-electron chi connectivity index (χ3n) is 4.25. The predicted octanol–water partition coefficient (Wildman–Crippen LogP) is 5.61. The van der Waals surface area contributed by atoms with Crippen LogP contribution in [0.4, 0.5) is 5.69 Å². The van der Waals surface area contributed by atoms with Gasteiger partial charge in [-0.3, -0.25) is 4.98 Å². The summed E-state index contributed by atoms with van der Waals surface area (Å²) >= 11 is 12.7. The van der Waals surface area contributed by atoms with Crippen LogP contribution in [0.15, 0.2) is 60.9 Å². The molecule has 1 heterocycles. The molecule has 0 spiro atoms. The number of hydrogen-bond donors (Lipinski definition) is 0. The van der Waals surface area contributed by atoms with Gasteiger partial charge in [0.05, 0.1) is 24.3 Å². The average Bonchev–Trinajstić information content (AvgIpc) is 2.70. The van der Waals surface area contributed by atoms with Crippen LogP contribution in [0, 0.1) is 0 Å². The molecule has 0 radical (unpaired) electrons. The number of nitrogens with zero attached hydrogens (tertiary/aromatic N) is 2. The zero-order chi connectivity index (χ0) is 19.2. The summed E-state index contributed by atoms with van der Waals surface area (Å²) in [5.41, 5.74) is 2.98. The molecule has 0 saturated carbocycles. The van der Waals surface area contributed by atoms with Crippen molar-refractivity contribution in [2.24, 2.45) is 0 Å². The minimum Gasteiger partial charge on any atom is -0.493 e. The van der Waals surface area contributed by atoms with Crippen LogP contribution in [-0.2, 0) is 13.1 Å². The second kappa shape index (κ2) is 8.98.